The van der Waals surface area contributed by atoms with Crippen molar-refractivity contribution in [3.63, 3.8) is 0 Å². The Kier molecular flexibility index (Phi) is 5.25. The number of aryl methyl sites for hydroxylation is 2. The Morgan fingerprint density at radius 2 is 1.62 bits per heavy atom. The van der Waals surface area contributed by atoms with Gasteiger partial charge in [-0.25, -0.2) is 13.1 Å². The third-order valence-corrected chi connectivity index (χ3v) is 6.10. The van der Waals surface area contributed by atoms with E-state index >= 15 is 0 Å². The van der Waals surface area contributed by atoms with Gasteiger partial charge in [0.15, 0.2) is 11.5 Å². The SMILES string of the molecule is Cc1ccc(S(=O)(=O)N[C@@H](c2ccc3c(c2)OCCO3)C(C)C)cc1C. The van der Waals surface area contributed by atoms with Crippen LogP contribution in [0.4, 0.5) is 0 Å². The first kappa shape index (κ1) is 18.7. The first-order chi connectivity index (χ1) is 12.3. The van der Waals surface area contributed by atoms with Crippen LogP contribution in [0, 0.1) is 19.8 Å². The molecular weight excluding hydrogens is 350 g/mol. The Morgan fingerprint density at radius 3 is 2.27 bits per heavy atom. The number of hydrogen-bond acceptors (Lipinski definition) is 4. The minimum absolute atomic E-state index is 0.0684. The maximum absolute atomic E-state index is 12.9. The van der Waals surface area contributed by atoms with Gasteiger partial charge in [-0.15, -0.1) is 0 Å². The molecule has 1 N–H and O–H groups in total. The molecule has 0 unspecified atom stereocenters. The number of fused-ring (bicyclic) bond motifs is 1. The summed E-state index contributed by atoms with van der Waals surface area (Å²) in [4.78, 5) is 0.281. The zero-order chi connectivity index (χ0) is 18.9. The van der Waals surface area contributed by atoms with Gasteiger partial charge >= 0.3 is 0 Å². The molecule has 1 aliphatic rings. The molecule has 26 heavy (non-hydrogen) atoms. The molecule has 0 radical (unpaired) electrons. The maximum atomic E-state index is 12.9. The van der Waals surface area contributed by atoms with E-state index < -0.39 is 10.0 Å². The van der Waals surface area contributed by atoms with E-state index in [0.717, 1.165) is 16.7 Å². The Balaban J connectivity index is 1.92. The number of ether oxygens (including phenoxy) is 2. The lowest BCUT2D eigenvalue weighted by Crippen LogP contribution is -2.32. The molecule has 1 heterocycles. The molecular formula is C20H25NO4S. The van der Waals surface area contributed by atoms with Crippen LogP contribution in [0.2, 0.25) is 0 Å². The molecule has 6 heteroatoms. The van der Waals surface area contributed by atoms with Gasteiger partial charge < -0.3 is 9.47 Å². The van der Waals surface area contributed by atoms with E-state index in [0.29, 0.717) is 24.7 Å². The van der Waals surface area contributed by atoms with Crippen molar-refractivity contribution in [1.29, 1.82) is 0 Å². The van der Waals surface area contributed by atoms with E-state index in [-0.39, 0.29) is 16.9 Å². The van der Waals surface area contributed by atoms with Crippen LogP contribution in [0.25, 0.3) is 0 Å². The van der Waals surface area contributed by atoms with E-state index in [1.807, 2.05) is 52.0 Å². The molecule has 0 aliphatic carbocycles. The smallest absolute Gasteiger partial charge is 0.241 e. The predicted molar refractivity (Wildman–Crippen MR) is 101 cm³/mol. The third kappa shape index (κ3) is 3.86. The summed E-state index contributed by atoms with van der Waals surface area (Å²) in [7, 11) is -3.64. The van der Waals surface area contributed by atoms with E-state index in [1.165, 1.54) is 0 Å². The highest BCUT2D eigenvalue weighted by molar-refractivity contribution is 7.89. The van der Waals surface area contributed by atoms with Gasteiger partial charge in [0.2, 0.25) is 10.0 Å². The first-order valence-corrected chi connectivity index (χ1v) is 10.3. The monoisotopic (exact) mass is 375 g/mol. The zero-order valence-corrected chi connectivity index (χ0v) is 16.4. The largest absolute Gasteiger partial charge is 0.486 e. The molecule has 140 valence electrons. The molecule has 1 aliphatic heterocycles. The Morgan fingerprint density at radius 1 is 0.923 bits per heavy atom. The van der Waals surface area contributed by atoms with Crippen molar-refractivity contribution < 1.29 is 17.9 Å². The number of rotatable bonds is 5. The fourth-order valence-corrected chi connectivity index (χ4v) is 4.42. The topological polar surface area (TPSA) is 64.6 Å². The summed E-state index contributed by atoms with van der Waals surface area (Å²) in [6, 6.07) is 10.4. The number of nitrogens with one attached hydrogen (secondary N) is 1. The van der Waals surface area contributed by atoms with Crippen LogP contribution in [-0.4, -0.2) is 21.6 Å². The maximum Gasteiger partial charge on any atom is 0.241 e. The summed E-state index contributed by atoms with van der Waals surface area (Å²) in [5.74, 6) is 1.42. The lowest BCUT2D eigenvalue weighted by atomic mass is 9.97. The molecule has 0 aromatic heterocycles. The summed E-state index contributed by atoms with van der Waals surface area (Å²) in [6.07, 6.45) is 0. The summed E-state index contributed by atoms with van der Waals surface area (Å²) >= 11 is 0. The minimum Gasteiger partial charge on any atom is -0.486 e. The van der Waals surface area contributed by atoms with Gasteiger partial charge in [-0.3, -0.25) is 0 Å². The second-order valence-electron chi connectivity index (χ2n) is 6.99. The van der Waals surface area contributed by atoms with Gasteiger partial charge in [0.1, 0.15) is 13.2 Å². The van der Waals surface area contributed by atoms with Crippen LogP contribution in [0.5, 0.6) is 11.5 Å². The average Bonchev–Trinajstić information content (AvgIpc) is 2.61. The Hall–Kier alpha value is -2.05. The van der Waals surface area contributed by atoms with Crippen molar-refractivity contribution in [2.24, 2.45) is 5.92 Å². The standard InChI is InChI=1S/C20H25NO4S/c1-13(2)20(16-6-8-18-19(12-16)25-10-9-24-18)21-26(22,23)17-7-5-14(3)15(4)11-17/h5-8,11-13,20-21H,9-10H2,1-4H3/t20-/m1/s1. The fraction of sp³-hybridized carbons (Fsp3) is 0.400. The van der Waals surface area contributed by atoms with Crippen LogP contribution in [-0.2, 0) is 10.0 Å². The highest BCUT2D eigenvalue weighted by Crippen LogP contribution is 2.35. The van der Waals surface area contributed by atoms with E-state index in [2.05, 4.69) is 4.72 Å². The van der Waals surface area contributed by atoms with Crippen molar-refractivity contribution in [1.82, 2.24) is 4.72 Å². The lowest BCUT2D eigenvalue weighted by molar-refractivity contribution is 0.171. The average molecular weight is 375 g/mol. The van der Waals surface area contributed by atoms with E-state index in [4.69, 9.17) is 9.47 Å². The van der Waals surface area contributed by atoms with Crippen LogP contribution >= 0.6 is 0 Å². The molecule has 2 aromatic carbocycles. The van der Waals surface area contributed by atoms with Gasteiger partial charge in [0.25, 0.3) is 0 Å². The number of sulfonamides is 1. The number of benzene rings is 2. The normalized spacial score (nSPS) is 15.1. The fourth-order valence-electron chi connectivity index (χ4n) is 2.96. The van der Waals surface area contributed by atoms with Crippen LogP contribution < -0.4 is 14.2 Å². The molecule has 3 rings (SSSR count). The molecule has 0 spiro atoms. The second-order valence-corrected chi connectivity index (χ2v) is 8.71. The molecule has 0 fully saturated rings. The van der Waals surface area contributed by atoms with Gasteiger partial charge in [-0.2, -0.15) is 0 Å². The van der Waals surface area contributed by atoms with E-state index in [1.54, 1.807) is 12.1 Å². The highest BCUT2D eigenvalue weighted by Gasteiger charge is 2.25. The summed E-state index contributed by atoms with van der Waals surface area (Å²) in [5, 5.41) is 0. The van der Waals surface area contributed by atoms with Crippen molar-refractivity contribution in [3.05, 3.63) is 53.1 Å². The first-order valence-electron chi connectivity index (χ1n) is 8.77. The summed E-state index contributed by atoms with van der Waals surface area (Å²) < 4.78 is 39.9. The molecule has 0 amide bonds. The molecule has 5 nitrogen and oxygen atoms in total. The van der Waals surface area contributed by atoms with Gasteiger partial charge in [0, 0.05) is 6.04 Å². The zero-order valence-electron chi connectivity index (χ0n) is 15.6. The van der Waals surface area contributed by atoms with Crippen LogP contribution in [0.3, 0.4) is 0 Å². The van der Waals surface area contributed by atoms with Crippen molar-refractivity contribution in [2.75, 3.05) is 13.2 Å². The van der Waals surface area contributed by atoms with Gasteiger partial charge in [0.05, 0.1) is 4.90 Å². The second kappa shape index (κ2) is 7.29. The molecule has 2 aromatic rings. The minimum atomic E-state index is -3.64. The van der Waals surface area contributed by atoms with Crippen LogP contribution in [0.15, 0.2) is 41.3 Å². The summed E-state index contributed by atoms with van der Waals surface area (Å²) in [5.41, 5.74) is 2.88. The van der Waals surface area contributed by atoms with E-state index in [9.17, 15) is 8.42 Å². The van der Waals surface area contributed by atoms with Crippen molar-refractivity contribution in [3.8, 4) is 11.5 Å². The highest BCUT2D eigenvalue weighted by atomic mass is 32.2. The molecule has 0 bridgehead atoms. The predicted octanol–water partition coefficient (Wildman–Crippen LogP) is 3.75. The molecule has 0 saturated heterocycles. The van der Waals surface area contributed by atoms with Crippen molar-refractivity contribution >= 4 is 10.0 Å². The Labute approximate surface area is 155 Å². The van der Waals surface area contributed by atoms with Gasteiger partial charge in [-0.1, -0.05) is 26.0 Å². The third-order valence-electron chi connectivity index (χ3n) is 4.66. The summed E-state index contributed by atoms with van der Waals surface area (Å²) in [6.45, 7) is 8.88. The molecule has 1 atom stereocenters. The lowest BCUT2D eigenvalue weighted by Gasteiger charge is -2.25. The number of hydrogen-bond donors (Lipinski definition) is 1. The van der Waals surface area contributed by atoms with Gasteiger partial charge in [-0.05, 0) is 60.7 Å². The quantitative estimate of drug-likeness (QED) is 0.864. The molecule has 0 saturated carbocycles. The van der Waals surface area contributed by atoms with Crippen molar-refractivity contribution in [2.45, 2.75) is 38.6 Å². The Bertz CT molecular complexity index is 906. The van der Waals surface area contributed by atoms with Crippen LogP contribution in [0.1, 0.15) is 36.6 Å².